The summed E-state index contributed by atoms with van der Waals surface area (Å²) < 4.78 is 13.4. The molecule has 6 nitrogen and oxygen atoms in total. The van der Waals surface area contributed by atoms with E-state index >= 15 is 0 Å². The van der Waals surface area contributed by atoms with Crippen molar-refractivity contribution in [1.29, 1.82) is 0 Å². The molecule has 3 heterocycles. The maximum Gasteiger partial charge on any atom is 0.191 e. The van der Waals surface area contributed by atoms with Crippen LogP contribution in [0.2, 0.25) is 5.02 Å². The van der Waals surface area contributed by atoms with Crippen LogP contribution in [0.4, 0.5) is 0 Å². The van der Waals surface area contributed by atoms with E-state index in [2.05, 4.69) is 43.9 Å². The summed E-state index contributed by atoms with van der Waals surface area (Å²) in [5.74, 6) is 2.61. The van der Waals surface area contributed by atoms with Gasteiger partial charge in [-0.15, -0.1) is 10.2 Å². The van der Waals surface area contributed by atoms with Gasteiger partial charge in [-0.05, 0) is 43.6 Å². The standard InChI is InChI=1S/C23H25ClN4O2S/c24-20-10-18-14-29-16-30-22(18)19(11-20)15-31-23-26-25-21(13-27-8-4-5-9-27)28(23)12-17-6-2-1-3-7-17/h1-3,6-7,10-11H,4-5,8-9,12-16H2. The molecule has 0 amide bonds. The fraction of sp³-hybridized carbons (Fsp3) is 0.391. The van der Waals surface area contributed by atoms with E-state index in [1.807, 2.05) is 18.2 Å². The zero-order valence-electron chi connectivity index (χ0n) is 17.3. The molecule has 31 heavy (non-hydrogen) atoms. The molecule has 0 atom stereocenters. The first kappa shape index (κ1) is 20.8. The molecule has 0 N–H and O–H groups in total. The molecule has 0 unspecified atom stereocenters. The smallest absolute Gasteiger partial charge is 0.191 e. The van der Waals surface area contributed by atoms with Crippen molar-refractivity contribution in [2.24, 2.45) is 0 Å². The summed E-state index contributed by atoms with van der Waals surface area (Å²) in [4.78, 5) is 2.46. The second-order valence-corrected chi connectivity index (χ2v) is 9.29. The highest BCUT2D eigenvalue weighted by Gasteiger charge is 2.21. The second kappa shape index (κ2) is 9.61. The van der Waals surface area contributed by atoms with Crippen LogP contribution in [-0.4, -0.2) is 39.5 Å². The normalized spacial score (nSPS) is 16.3. The van der Waals surface area contributed by atoms with Gasteiger partial charge in [0.2, 0.25) is 0 Å². The van der Waals surface area contributed by atoms with Crippen molar-refractivity contribution >= 4 is 23.4 Å². The zero-order valence-corrected chi connectivity index (χ0v) is 18.9. The van der Waals surface area contributed by atoms with Gasteiger partial charge in [-0.25, -0.2) is 0 Å². The van der Waals surface area contributed by atoms with Crippen LogP contribution in [-0.2, 0) is 30.2 Å². The van der Waals surface area contributed by atoms with Gasteiger partial charge in [0.05, 0.1) is 19.7 Å². The first-order valence-electron chi connectivity index (χ1n) is 10.6. The Bertz CT molecular complexity index is 1040. The van der Waals surface area contributed by atoms with E-state index in [1.165, 1.54) is 18.4 Å². The third-order valence-electron chi connectivity index (χ3n) is 5.65. The van der Waals surface area contributed by atoms with E-state index in [1.54, 1.807) is 11.8 Å². The lowest BCUT2D eigenvalue weighted by atomic mass is 10.1. The molecule has 1 fully saturated rings. The van der Waals surface area contributed by atoms with Crippen LogP contribution in [0.25, 0.3) is 0 Å². The van der Waals surface area contributed by atoms with Gasteiger partial charge >= 0.3 is 0 Å². The first-order valence-corrected chi connectivity index (χ1v) is 12.0. The Balaban J connectivity index is 1.39. The quantitative estimate of drug-likeness (QED) is 0.479. The van der Waals surface area contributed by atoms with Crippen molar-refractivity contribution < 1.29 is 9.47 Å². The van der Waals surface area contributed by atoms with Gasteiger partial charge in [-0.2, -0.15) is 0 Å². The van der Waals surface area contributed by atoms with E-state index in [-0.39, 0.29) is 6.79 Å². The van der Waals surface area contributed by atoms with E-state index in [0.29, 0.717) is 17.4 Å². The Labute approximate surface area is 191 Å². The van der Waals surface area contributed by atoms with Crippen LogP contribution in [0, 0.1) is 0 Å². The minimum atomic E-state index is 0.274. The molecular formula is C23H25ClN4O2S. The molecule has 2 aliphatic rings. The Morgan fingerprint density at radius 1 is 1.03 bits per heavy atom. The second-order valence-electron chi connectivity index (χ2n) is 7.91. The van der Waals surface area contributed by atoms with Gasteiger partial charge in [0.15, 0.2) is 11.9 Å². The van der Waals surface area contributed by atoms with Crippen LogP contribution < -0.4 is 4.74 Å². The molecule has 0 spiro atoms. The lowest BCUT2D eigenvalue weighted by Gasteiger charge is -2.21. The molecule has 5 rings (SSSR count). The Morgan fingerprint density at radius 3 is 2.71 bits per heavy atom. The third kappa shape index (κ3) is 4.90. The van der Waals surface area contributed by atoms with Gasteiger partial charge in [0, 0.05) is 21.9 Å². The maximum atomic E-state index is 6.34. The lowest BCUT2D eigenvalue weighted by Crippen LogP contribution is -2.21. The number of ether oxygens (including phenoxy) is 2. The molecule has 1 aromatic heterocycles. The Kier molecular flexibility index (Phi) is 6.45. The topological polar surface area (TPSA) is 52.4 Å². The maximum absolute atomic E-state index is 6.34. The molecule has 8 heteroatoms. The first-order chi connectivity index (χ1) is 15.3. The third-order valence-corrected chi connectivity index (χ3v) is 6.88. The molecular weight excluding hydrogens is 432 g/mol. The average molecular weight is 457 g/mol. The minimum Gasteiger partial charge on any atom is -0.467 e. The number of halogens is 1. The van der Waals surface area contributed by atoms with Gasteiger partial charge in [-0.3, -0.25) is 4.90 Å². The Hall–Kier alpha value is -2.06. The number of hydrogen-bond acceptors (Lipinski definition) is 6. The minimum absolute atomic E-state index is 0.274. The van der Waals surface area contributed by atoms with Crippen molar-refractivity contribution in [3.05, 3.63) is 70.0 Å². The van der Waals surface area contributed by atoms with E-state index in [9.17, 15) is 0 Å². The molecule has 0 radical (unpaired) electrons. The summed E-state index contributed by atoms with van der Waals surface area (Å²) in [7, 11) is 0. The number of benzene rings is 2. The van der Waals surface area contributed by atoms with Gasteiger partial charge in [0.25, 0.3) is 0 Å². The number of nitrogens with zero attached hydrogens (tertiary/aromatic N) is 4. The largest absolute Gasteiger partial charge is 0.467 e. The number of hydrogen-bond donors (Lipinski definition) is 0. The Morgan fingerprint density at radius 2 is 1.87 bits per heavy atom. The highest BCUT2D eigenvalue weighted by molar-refractivity contribution is 7.98. The number of thioether (sulfide) groups is 1. The molecule has 0 aliphatic carbocycles. The molecule has 0 saturated carbocycles. The van der Waals surface area contributed by atoms with Gasteiger partial charge in [0.1, 0.15) is 11.6 Å². The zero-order chi connectivity index (χ0) is 21.0. The van der Waals surface area contributed by atoms with E-state index in [4.69, 9.17) is 21.1 Å². The van der Waals surface area contributed by atoms with E-state index in [0.717, 1.165) is 54.0 Å². The summed E-state index contributed by atoms with van der Waals surface area (Å²) in [5.41, 5.74) is 3.30. The van der Waals surface area contributed by atoms with Crippen molar-refractivity contribution in [1.82, 2.24) is 19.7 Å². The highest BCUT2D eigenvalue weighted by Crippen LogP contribution is 2.35. The molecule has 3 aromatic rings. The molecule has 1 saturated heterocycles. The molecule has 162 valence electrons. The van der Waals surface area contributed by atoms with Crippen LogP contribution in [0.1, 0.15) is 35.4 Å². The predicted molar refractivity (Wildman–Crippen MR) is 121 cm³/mol. The van der Waals surface area contributed by atoms with Crippen molar-refractivity contribution in [2.45, 2.75) is 43.4 Å². The van der Waals surface area contributed by atoms with E-state index < -0.39 is 0 Å². The lowest BCUT2D eigenvalue weighted by molar-refractivity contribution is -0.0168. The monoisotopic (exact) mass is 456 g/mol. The summed E-state index contributed by atoms with van der Waals surface area (Å²) in [6.07, 6.45) is 2.52. The number of aromatic nitrogens is 3. The van der Waals surface area contributed by atoms with Crippen molar-refractivity contribution in [3.63, 3.8) is 0 Å². The predicted octanol–water partition coefficient (Wildman–Crippen LogP) is 4.73. The van der Waals surface area contributed by atoms with Crippen LogP contribution in [0.3, 0.4) is 0 Å². The fourth-order valence-corrected chi connectivity index (χ4v) is 5.30. The van der Waals surface area contributed by atoms with Gasteiger partial charge < -0.3 is 14.0 Å². The summed E-state index contributed by atoms with van der Waals surface area (Å²) >= 11 is 8.01. The molecule has 0 bridgehead atoms. The van der Waals surface area contributed by atoms with Crippen LogP contribution in [0.15, 0.2) is 47.6 Å². The molecule has 2 aliphatic heterocycles. The van der Waals surface area contributed by atoms with Crippen LogP contribution >= 0.6 is 23.4 Å². The summed E-state index contributed by atoms with van der Waals surface area (Å²) in [6.45, 7) is 4.67. The van der Waals surface area contributed by atoms with Crippen molar-refractivity contribution in [2.75, 3.05) is 19.9 Å². The number of rotatable bonds is 7. The van der Waals surface area contributed by atoms with Crippen LogP contribution in [0.5, 0.6) is 5.75 Å². The SMILES string of the molecule is Clc1cc2c(c(CSc3nnc(CN4CCCC4)n3Cc3ccccc3)c1)OCOC2. The number of fused-ring (bicyclic) bond motifs is 1. The highest BCUT2D eigenvalue weighted by atomic mass is 35.5. The van der Waals surface area contributed by atoms with Gasteiger partial charge in [-0.1, -0.05) is 53.7 Å². The summed E-state index contributed by atoms with van der Waals surface area (Å²) in [5, 5.41) is 10.7. The summed E-state index contributed by atoms with van der Waals surface area (Å²) in [6, 6.07) is 14.4. The molecule has 2 aromatic carbocycles. The van der Waals surface area contributed by atoms with Crippen molar-refractivity contribution in [3.8, 4) is 5.75 Å². The fourth-order valence-electron chi connectivity index (χ4n) is 4.11. The average Bonchev–Trinajstić information content (AvgIpc) is 3.43. The number of likely N-dealkylation sites (tertiary alicyclic amines) is 1.